The summed E-state index contributed by atoms with van der Waals surface area (Å²) in [7, 11) is 5.50. The Labute approximate surface area is 158 Å². The smallest absolute Gasteiger partial charge is 0.302 e. The maximum Gasteiger partial charge on any atom is 0.302 e. The Morgan fingerprint density at radius 3 is 2.73 bits per heavy atom. The van der Waals surface area contributed by atoms with Gasteiger partial charge in [-0.3, -0.25) is 4.79 Å². The Hall–Kier alpha value is -1.80. The zero-order valence-electron chi connectivity index (χ0n) is 15.7. The van der Waals surface area contributed by atoms with Crippen LogP contribution in [0.3, 0.4) is 0 Å². The van der Waals surface area contributed by atoms with E-state index in [0.717, 1.165) is 30.7 Å². The Bertz CT molecular complexity index is 655. The number of hydrogen-bond donors (Lipinski definition) is 0. The summed E-state index contributed by atoms with van der Waals surface area (Å²) < 4.78 is 22.9. The summed E-state index contributed by atoms with van der Waals surface area (Å²) in [6.07, 6.45) is 1.61. The standard InChI is InChI=1S/C18H26FN3O3S/c1-5-16-17(13-7-8-14(24-4)15(11-13)25-12-19)20-22(18(23)26-16)10-6-9-21(2)3/h7-8,11,16H,5-6,9-10,12H2,1-4H3. The van der Waals surface area contributed by atoms with Gasteiger partial charge in [0.15, 0.2) is 11.5 Å². The van der Waals surface area contributed by atoms with Gasteiger partial charge in [0.1, 0.15) is 0 Å². The second-order valence-corrected chi connectivity index (χ2v) is 7.32. The van der Waals surface area contributed by atoms with Gasteiger partial charge in [-0.1, -0.05) is 18.7 Å². The molecule has 1 heterocycles. The van der Waals surface area contributed by atoms with E-state index in [1.54, 1.807) is 12.1 Å². The molecular formula is C18H26FN3O3S. The molecule has 0 fully saturated rings. The molecule has 1 atom stereocenters. The van der Waals surface area contributed by atoms with Crippen LogP contribution < -0.4 is 9.47 Å². The van der Waals surface area contributed by atoms with Crippen LogP contribution in [0.15, 0.2) is 23.3 Å². The van der Waals surface area contributed by atoms with E-state index >= 15 is 0 Å². The molecule has 1 aliphatic rings. The fraction of sp³-hybridized carbons (Fsp3) is 0.556. The van der Waals surface area contributed by atoms with E-state index in [9.17, 15) is 9.18 Å². The minimum absolute atomic E-state index is 0.0342. The summed E-state index contributed by atoms with van der Waals surface area (Å²) in [5.74, 6) is 0.786. The van der Waals surface area contributed by atoms with Gasteiger partial charge in [0.2, 0.25) is 6.86 Å². The summed E-state index contributed by atoms with van der Waals surface area (Å²) in [4.78, 5) is 14.4. The predicted octanol–water partition coefficient (Wildman–Crippen LogP) is 3.60. The van der Waals surface area contributed by atoms with Crippen LogP contribution in [0.5, 0.6) is 11.5 Å². The van der Waals surface area contributed by atoms with E-state index in [1.807, 2.05) is 27.1 Å². The number of hydrazone groups is 1. The zero-order chi connectivity index (χ0) is 19.1. The molecule has 8 heteroatoms. The van der Waals surface area contributed by atoms with Gasteiger partial charge in [0, 0.05) is 12.1 Å². The van der Waals surface area contributed by atoms with Crippen LogP contribution in [0, 0.1) is 0 Å². The minimum atomic E-state index is -0.937. The third kappa shape index (κ3) is 5.11. The average molecular weight is 383 g/mol. The van der Waals surface area contributed by atoms with Crippen LogP contribution in [0.1, 0.15) is 25.3 Å². The first-order chi connectivity index (χ1) is 12.5. The number of thioether (sulfide) groups is 1. The number of benzene rings is 1. The van der Waals surface area contributed by atoms with Crippen LogP contribution in [0.2, 0.25) is 0 Å². The van der Waals surface area contributed by atoms with Crippen molar-refractivity contribution < 1.29 is 18.7 Å². The van der Waals surface area contributed by atoms with Crippen molar-refractivity contribution >= 4 is 22.7 Å². The topological polar surface area (TPSA) is 54.4 Å². The van der Waals surface area contributed by atoms with Crippen LogP contribution in [0.4, 0.5) is 9.18 Å². The molecule has 1 aliphatic heterocycles. The van der Waals surface area contributed by atoms with Crippen molar-refractivity contribution in [1.29, 1.82) is 0 Å². The molecule has 2 rings (SSSR count). The Kier molecular flexibility index (Phi) is 7.71. The van der Waals surface area contributed by atoms with Gasteiger partial charge in [-0.25, -0.2) is 9.40 Å². The van der Waals surface area contributed by atoms with E-state index in [2.05, 4.69) is 10.0 Å². The van der Waals surface area contributed by atoms with Gasteiger partial charge in [-0.2, -0.15) is 5.10 Å². The summed E-state index contributed by atoms with van der Waals surface area (Å²) >= 11 is 1.28. The number of hydrogen-bond acceptors (Lipinski definition) is 6. The fourth-order valence-electron chi connectivity index (χ4n) is 2.68. The largest absolute Gasteiger partial charge is 0.493 e. The normalized spacial score (nSPS) is 17.5. The number of rotatable bonds is 9. The molecule has 1 aromatic carbocycles. The first-order valence-electron chi connectivity index (χ1n) is 8.58. The molecule has 0 bridgehead atoms. The highest BCUT2D eigenvalue weighted by Gasteiger charge is 2.30. The second kappa shape index (κ2) is 9.78. The molecule has 0 radical (unpaired) electrons. The molecule has 1 amide bonds. The lowest BCUT2D eigenvalue weighted by Gasteiger charge is -2.29. The van der Waals surface area contributed by atoms with E-state index in [4.69, 9.17) is 9.47 Å². The number of carbonyl (C=O) groups is 1. The second-order valence-electron chi connectivity index (χ2n) is 6.16. The molecule has 6 nitrogen and oxygen atoms in total. The van der Waals surface area contributed by atoms with Crippen molar-refractivity contribution in [3.8, 4) is 11.5 Å². The van der Waals surface area contributed by atoms with E-state index in [1.165, 1.54) is 23.9 Å². The summed E-state index contributed by atoms with van der Waals surface area (Å²) in [5.41, 5.74) is 1.60. The molecule has 0 spiro atoms. The summed E-state index contributed by atoms with van der Waals surface area (Å²) in [5, 5.41) is 6.06. The third-order valence-electron chi connectivity index (χ3n) is 4.00. The molecule has 1 unspecified atom stereocenters. The van der Waals surface area contributed by atoms with Crippen molar-refractivity contribution in [2.45, 2.75) is 25.0 Å². The average Bonchev–Trinajstić information content (AvgIpc) is 2.62. The summed E-state index contributed by atoms with van der Waals surface area (Å²) in [6.45, 7) is 2.53. The number of alkyl halides is 1. The van der Waals surface area contributed by atoms with E-state index in [-0.39, 0.29) is 10.5 Å². The van der Waals surface area contributed by atoms with Crippen LogP contribution in [0.25, 0.3) is 0 Å². The minimum Gasteiger partial charge on any atom is -0.493 e. The molecule has 0 aromatic heterocycles. The van der Waals surface area contributed by atoms with Crippen molar-refractivity contribution in [1.82, 2.24) is 9.91 Å². The van der Waals surface area contributed by atoms with Crippen molar-refractivity contribution in [2.24, 2.45) is 5.10 Å². The highest BCUT2D eigenvalue weighted by Crippen LogP contribution is 2.33. The molecule has 0 saturated heterocycles. The Morgan fingerprint density at radius 1 is 1.35 bits per heavy atom. The fourth-order valence-corrected chi connectivity index (χ4v) is 3.64. The number of methoxy groups -OCH3 is 1. The molecular weight excluding hydrogens is 357 g/mol. The molecule has 26 heavy (non-hydrogen) atoms. The lowest BCUT2D eigenvalue weighted by Crippen LogP contribution is -2.36. The Balaban J connectivity index is 2.30. The number of amides is 1. The molecule has 1 aromatic rings. The first kappa shape index (κ1) is 20.5. The van der Waals surface area contributed by atoms with Crippen molar-refractivity contribution in [2.75, 3.05) is 41.2 Å². The van der Waals surface area contributed by atoms with Gasteiger partial charge in [-0.15, -0.1) is 0 Å². The van der Waals surface area contributed by atoms with Gasteiger partial charge in [0.05, 0.1) is 18.1 Å². The third-order valence-corrected chi connectivity index (χ3v) is 5.26. The molecule has 0 saturated carbocycles. The van der Waals surface area contributed by atoms with Gasteiger partial charge < -0.3 is 14.4 Å². The van der Waals surface area contributed by atoms with Gasteiger partial charge in [-0.05, 0) is 51.7 Å². The van der Waals surface area contributed by atoms with E-state index < -0.39 is 6.86 Å². The number of ether oxygens (including phenoxy) is 2. The zero-order valence-corrected chi connectivity index (χ0v) is 16.5. The molecule has 144 valence electrons. The van der Waals surface area contributed by atoms with Crippen LogP contribution in [-0.2, 0) is 0 Å². The molecule has 0 N–H and O–H groups in total. The molecule has 0 aliphatic carbocycles. The maximum atomic E-state index is 12.7. The van der Waals surface area contributed by atoms with Gasteiger partial charge >= 0.3 is 5.24 Å². The van der Waals surface area contributed by atoms with Crippen molar-refractivity contribution in [3.63, 3.8) is 0 Å². The monoisotopic (exact) mass is 383 g/mol. The van der Waals surface area contributed by atoms with Crippen LogP contribution in [-0.4, -0.2) is 67.3 Å². The number of halogens is 1. The van der Waals surface area contributed by atoms with Gasteiger partial charge in [0.25, 0.3) is 0 Å². The summed E-state index contributed by atoms with van der Waals surface area (Å²) in [6, 6.07) is 5.31. The van der Waals surface area contributed by atoms with Crippen LogP contribution >= 0.6 is 11.8 Å². The van der Waals surface area contributed by atoms with E-state index in [0.29, 0.717) is 18.0 Å². The highest BCUT2D eigenvalue weighted by atomic mass is 32.2. The lowest BCUT2D eigenvalue weighted by molar-refractivity contribution is 0.184. The first-order valence-corrected chi connectivity index (χ1v) is 9.46. The highest BCUT2D eigenvalue weighted by molar-refractivity contribution is 8.14. The quantitative estimate of drug-likeness (QED) is 0.652. The SMILES string of the molecule is CCC1SC(=O)N(CCCN(C)C)N=C1c1ccc(OC)c(OCF)c1. The number of nitrogens with zero attached hydrogens (tertiary/aromatic N) is 3. The Morgan fingerprint density at radius 2 is 2.12 bits per heavy atom. The maximum absolute atomic E-state index is 12.7. The lowest BCUT2D eigenvalue weighted by atomic mass is 10.0. The number of carbonyl (C=O) groups excluding carboxylic acids is 1. The van der Waals surface area contributed by atoms with Crippen molar-refractivity contribution in [3.05, 3.63) is 23.8 Å². The predicted molar refractivity (Wildman–Crippen MR) is 103 cm³/mol.